The van der Waals surface area contributed by atoms with E-state index in [-0.39, 0.29) is 10.7 Å². The van der Waals surface area contributed by atoms with Crippen molar-refractivity contribution in [3.8, 4) is 5.75 Å². The molecule has 1 aromatic carbocycles. The lowest BCUT2D eigenvalue weighted by atomic mass is 10.2. The molecule has 1 N–H and O–H groups in total. The van der Waals surface area contributed by atoms with Gasteiger partial charge >= 0.3 is 6.18 Å². The maximum absolute atomic E-state index is 12.7. The van der Waals surface area contributed by atoms with Gasteiger partial charge in [-0.3, -0.25) is 9.59 Å². The summed E-state index contributed by atoms with van der Waals surface area (Å²) in [6.07, 6.45) is -3.68. The fraction of sp³-hybridized carbons (Fsp3) is 0.200. The molecule has 1 heterocycles. The smallest absolute Gasteiger partial charge is 0.421 e. The van der Waals surface area contributed by atoms with E-state index in [9.17, 15) is 22.8 Å². The predicted octanol–water partition coefficient (Wildman–Crippen LogP) is 3.17. The number of carbonyl (C=O) groups excluding carboxylic acids is 1. The van der Waals surface area contributed by atoms with Crippen LogP contribution in [0.4, 0.5) is 18.9 Å². The van der Waals surface area contributed by atoms with E-state index in [0.29, 0.717) is 16.4 Å². The summed E-state index contributed by atoms with van der Waals surface area (Å²) in [6.45, 7) is -0.578. The first-order valence-electron chi connectivity index (χ1n) is 6.62. The van der Waals surface area contributed by atoms with Crippen molar-refractivity contribution in [2.75, 3.05) is 12.4 Å². The van der Waals surface area contributed by atoms with Crippen molar-refractivity contribution in [3.63, 3.8) is 0 Å². The van der Waals surface area contributed by atoms with E-state index < -0.39 is 29.8 Å². The summed E-state index contributed by atoms with van der Waals surface area (Å²) in [5.41, 5.74) is -2.37. The molecule has 128 valence electrons. The molecule has 1 amide bonds. The highest BCUT2D eigenvalue weighted by Gasteiger charge is 2.34. The molecule has 2 aromatic rings. The second-order valence-corrected chi connectivity index (χ2v) is 5.15. The Balaban J connectivity index is 2.18. The molecular weight excluding hydrogens is 349 g/mol. The number of benzene rings is 1. The summed E-state index contributed by atoms with van der Waals surface area (Å²) >= 11 is 5.96. The van der Waals surface area contributed by atoms with Gasteiger partial charge in [-0.1, -0.05) is 11.6 Å². The Morgan fingerprint density at radius 1 is 1.33 bits per heavy atom. The summed E-state index contributed by atoms with van der Waals surface area (Å²) in [6, 6.07) is 6.22. The van der Waals surface area contributed by atoms with Crippen molar-refractivity contribution < 1.29 is 22.7 Å². The van der Waals surface area contributed by atoms with Gasteiger partial charge in [-0.25, -0.2) is 0 Å². The number of nitrogens with one attached hydrogen (secondary N) is 1. The first-order valence-corrected chi connectivity index (χ1v) is 7.00. The van der Waals surface area contributed by atoms with Crippen LogP contribution in [0.25, 0.3) is 0 Å². The molecule has 5 nitrogen and oxygen atoms in total. The summed E-state index contributed by atoms with van der Waals surface area (Å²) in [7, 11) is 1.45. The zero-order chi connectivity index (χ0) is 17.9. The van der Waals surface area contributed by atoms with Crippen LogP contribution in [0.15, 0.2) is 41.3 Å². The maximum atomic E-state index is 12.7. The molecule has 0 bridgehead atoms. The van der Waals surface area contributed by atoms with E-state index in [0.717, 1.165) is 12.3 Å². The quantitative estimate of drug-likeness (QED) is 0.911. The van der Waals surface area contributed by atoms with Crippen LogP contribution in [0.1, 0.15) is 5.56 Å². The van der Waals surface area contributed by atoms with E-state index >= 15 is 0 Å². The molecule has 0 spiro atoms. The molecule has 0 saturated heterocycles. The number of methoxy groups -OCH3 is 1. The zero-order valence-corrected chi connectivity index (χ0v) is 13.1. The normalized spacial score (nSPS) is 11.2. The van der Waals surface area contributed by atoms with Crippen molar-refractivity contribution in [3.05, 3.63) is 57.5 Å². The van der Waals surface area contributed by atoms with Crippen molar-refractivity contribution in [1.29, 1.82) is 0 Å². The molecule has 2 rings (SSSR count). The molecule has 0 fully saturated rings. The fourth-order valence-corrected chi connectivity index (χ4v) is 2.16. The molecular formula is C15H12ClF3N2O3. The lowest BCUT2D eigenvalue weighted by Crippen LogP contribution is -2.32. The number of hydrogen-bond acceptors (Lipinski definition) is 3. The van der Waals surface area contributed by atoms with Crippen molar-refractivity contribution in [1.82, 2.24) is 4.57 Å². The topological polar surface area (TPSA) is 60.3 Å². The van der Waals surface area contributed by atoms with Gasteiger partial charge in [0.15, 0.2) is 0 Å². The Labute approximate surface area is 139 Å². The van der Waals surface area contributed by atoms with Gasteiger partial charge in [0.1, 0.15) is 17.9 Å². The van der Waals surface area contributed by atoms with Crippen molar-refractivity contribution >= 4 is 23.2 Å². The van der Waals surface area contributed by atoms with Gasteiger partial charge in [0.25, 0.3) is 5.56 Å². The number of rotatable bonds is 4. The van der Waals surface area contributed by atoms with Crippen LogP contribution in [-0.4, -0.2) is 17.6 Å². The minimum atomic E-state index is -4.78. The lowest BCUT2D eigenvalue weighted by Gasteiger charge is -2.11. The van der Waals surface area contributed by atoms with E-state index in [1.807, 2.05) is 0 Å². The summed E-state index contributed by atoms with van der Waals surface area (Å²) in [5, 5.41) is 2.62. The third-order valence-electron chi connectivity index (χ3n) is 3.09. The Kier molecular flexibility index (Phi) is 5.18. The number of nitrogens with zero attached hydrogens (tertiary/aromatic N) is 1. The number of ether oxygens (including phenoxy) is 1. The van der Waals surface area contributed by atoms with E-state index in [1.165, 1.54) is 19.2 Å². The van der Waals surface area contributed by atoms with E-state index in [1.54, 1.807) is 6.07 Å². The van der Waals surface area contributed by atoms with Crippen LogP contribution in [-0.2, 0) is 17.5 Å². The summed E-state index contributed by atoms with van der Waals surface area (Å²) < 4.78 is 43.7. The van der Waals surface area contributed by atoms with Crippen molar-refractivity contribution in [2.45, 2.75) is 12.7 Å². The van der Waals surface area contributed by atoms with Crippen LogP contribution in [0.3, 0.4) is 0 Å². The molecule has 0 unspecified atom stereocenters. The number of pyridine rings is 1. The minimum absolute atomic E-state index is 0.194. The van der Waals surface area contributed by atoms with Gasteiger partial charge in [0.05, 0.1) is 17.8 Å². The average molecular weight is 361 g/mol. The highest BCUT2D eigenvalue weighted by molar-refractivity contribution is 6.33. The molecule has 24 heavy (non-hydrogen) atoms. The van der Waals surface area contributed by atoms with Gasteiger partial charge in [-0.15, -0.1) is 0 Å². The first-order chi connectivity index (χ1) is 11.2. The monoisotopic (exact) mass is 360 g/mol. The van der Waals surface area contributed by atoms with Crippen molar-refractivity contribution in [2.24, 2.45) is 0 Å². The van der Waals surface area contributed by atoms with Crippen LogP contribution in [0, 0.1) is 0 Å². The van der Waals surface area contributed by atoms with Gasteiger partial charge in [0, 0.05) is 12.3 Å². The Bertz CT molecular complexity index is 818. The minimum Gasteiger partial charge on any atom is -0.497 e. The summed E-state index contributed by atoms with van der Waals surface area (Å²) in [4.78, 5) is 23.7. The van der Waals surface area contributed by atoms with Crippen LogP contribution in [0.2, 0.25) is 5.02 Å². The lowest BCUT2D eigenvalue weighted by molar-refractivity contribution is -0.139. The Morgan fingerprint density at radius 2 is 2.04 bits per heavy atom. The first kappa shape index (κ1) is 17.9. The van der Waals surface area contributed by atoms with Crippen LogP contribution >= 0.6 is 11.6 Å². The second kappa shape index (κ2) is 6.96. The average Bonchev–Trinajstić information content (AvgIpc) is 2.50. The SMILES string of the molecule is COc1ccc(NC(=O)Cn2cccc(C(F)(F)F)c2=O)c(Cl)c1. The summed E-state index contributed by atoms with van der Waals surface area (Å²) in [5.74, 6) is -0.212. The molecule has 9 heteroatoms. The second-order valence-electron chi connectivity index (χ2n) is 4.75. The van der Waals surface area contributed by atoms with Gasteiger partial charge < -0.3 is 14.6 Å². The molecule has 0 aliphatic heterocycles. The highest BCUT2D eigenvalue weighted by Crippen LogP contribution is 2.27. The molecule has 0 aliphatic rings. The highest BCUT2D eigenvalue weighted by atomic mass is 35.5. The number of aromatic nitrogens is 1. The maximum Gasteiger partial charge on any atom is 0.421 e. The molecule has 0 radical (unpaired) electrons. The number of hydrogen-bond donors (Lipinski definition) is 1. The third kappa shape index (κ3) is 4.08. The molecule has 0 atom stereocenters. The molecule has 1 aromatic heterocycles. The standard InChI is InChI=1S/C15H12ClF3N2O3/c1-24-9-4-5-12(11(16)7-9)20-13(22)8-21-6-2-3-10(14(21)23)15(17,18)19/h2-7H,8H2,1H3,(H,20,22). The van der Waals surface area contributed by atoms with Crippen LogP contribution < -0.4 is 15.6 Å². The van der Waals surface area contributed by atoms with E-state index in [2.05, 4.69) is 5.32 Å². The number of anilines is 1. The van der Waals surface area contributed by atoms with E-state index in [4.69, 9.17) is 16.3 Å². The van der Waals surface area contributed by atoms with Gasteiger partial charge in [-0.2, -0.15) is 13.2 Å². The number of amides is 1. The Morgan fingerprint density at radius 3 is 2.62 bits per heavy atom. The fourth-order valence-electron chi connectivity index (χ4n) is 1.95. The Hall–Kier alpha value is -2.48. The van der Waals surface area contributed by atoms with Crippen LogP contribution in [0.5, 0.6) is 5.75 Å². The van der Waals surface area contributed by atoms with Gasteiger partial charge in [0.2, 0.25) is 5.91 Å². The number of carbonyl (C=O) groups is 1. The van der Waals surface area contributed by atoms with Gasteiger partial charge in [-0.05, 0) is 24.3 Å². The molecule has 0 saturated carbocycles. The third-order valence-corrected chi connectivity index (χ3v) is 3.40. The molecule has 0 aliphatic carbocycles. The number of alkyl halides is 3. The largest absolute Gasteiger partial charge is 0.497 e. The predicted molar refractivity (Wildman–Crippen MR) is 82.3 cm³/mol. The zero-order valence-electron chi connectivity index (χ0n) is 12.4. The number of halogens is 4.